The van der Waals surface area contributed by atoms with Crippen LogP contribution in [0.5, 0.6) is 0 Å². The molecule has 1 heterocycles. The molecule has 0 aliphatic heterocycles. The molecule has 1 aromatic heterocycles. The van der Waals surface area contributed by atoms with Crippen molar-refractivity contribution < 1.29 is 23.1 Å². The number of benzene rings is 2. The topological polar surface area (TPSA) is 48.3 Å². The van der Waals surface area contributed by atoms with Crippen LogP contribution >= 0.6 is 0 Å². The molecule has 0 spiro atoms. The minimum absolute atomic E-state index is 0.123. The van der Waals surface area contributed by atoms with Crippen LogP contribution < -0.4 is 0 Å². The summed E-state index contributed by atoms with van der Waals surface area (Å²) in [5.74, 6) is -2.31. The van der Waals surface area contributed by atoms with Gasteiger partial charge in [0.1, 0.15) is 11.6 Å². The number of Topliss-reactive ketones (excluding diaryl/α,β-unsaturated/α-hetero) is 1. The van der Waals surface area contributed by atoms with Gasteiger partial charge in [-0.3, -0.25) is 4.79 Å². The van der Waals surface area contributed by atoms with Crippen LogP contribution in [0.4, 0.5) is 8.78 Å². The fourth-order valence-electron chi connectivity index (χ4n) is 2.93. The Hall–Kier alpha value is -3.28. The zero-order chi connectivity index (χ0) is 19.6. The lowest BCUT2D eigenvalue weighted by molar-refractivity contribution is 0.0473. The van der Waals surface area contributed by atoms with Gasteiger partial charge in [-0.05, 0) is 56.3 Å². The van der Waals surface area contributed by atoms with Gasteiger partial charge in [0.25, 0.3) is 0 Å². The molecular formula is C21H17F2NO3. The van der Waals surface area contributed by atoms with Crippen molar-refractivity contribution in [1.29, 1.82) is 0 Å². The molecule has 0 amide bonds. The summed E-state index contributed by atoms with van der Waals surface area (Å²) in [5, 5.41) is 0. The molecule has 0 saturated carbocycles. The van der Waals surface area contributed by atoms with Crippen LogP contribution in [0.15, 0.2) is 54.6 Å². The number of hydrogen-bond acceptors (Lipinski definition) is 3. The van der Waals surface area contributed by atoms with Crippen LogP contribution in [-0.2, 0) is 4.74 Å². The lowest BCUT2D eigenvalue weighted by Crippen LogP contribution is -2.16. The number of rotatable bonds is 5. The number of ketones is 1. The molecule has 138 valence electrons. The average Bonchev–Trinajstić information content (AvgIpc) is 2.95. The highest BCUT2D eigenvalue weighted by Gasteiger charge is 2.20. The maximum absolute atomic E-state index is 13.6. The van der Waals surface area contributed by atoms with Crippen molar-refractivity contribution in [2.75, 3.05) is 6.61 Å². The second-order valence-corrected chi connectivity index (χ2v) is 6.08. The second-order valence-electron chi connectivity index (χ2n) is 6.08. The van der Waals surface area contributed by atoms with Gasteiger partial charge in [-0.2, -0.15) is 0 Å². The molecule has 0 aliphatic carbocycles. The lowest BCUT2D eigenvalue weighted by atomic mass is 10.1. The lowest BCUT2D eigenvalue weighted by Gasteiger charge is -2.10. The number of hydrogen-bond donors (Lipinski definition) is 0. The Morgan fingerprint density at radius 2 is 1.63 bits per heavy atom. The van der Waals surface area contributed by atoms with E-state index in [0.717, 1.165) is 5.69 Å². The van der Waals surface area contributed by atoms with Gasteiger partial charge >= 0.3 is 5.97 Å². The number of carbonyl (C=O) groups is 2. The number of halogens is 2. The van der Waals surface area contributed by atoms with Crippen LogP contribution in [-0.4, -0.2) is 22.9 Å². The van der Waals surface area contributed by atoms with E-state index in [1.807, 2.05) is 0 Å². The fourth-order valence-corrected chi connectivity index (χ4v) is 2.93. The van der Waals surface area contributed by atoms with Crippen molar-refractivity contribution >= 4 is 11.8 Å². The molecule has 0 unspecified atom stereocenters. The number of aryl methyl sites for hydroxylation is 1. The Morgan fingerprint density at radius 3 is 2.30 bits per heavy atom. The average molecular weight is 369 g/mol. The highest BCUT2D eigenvalue weighted by Crippen LogP contribution is 2.22. The van der Waals surface area contributed by atoms with E-state index in [9.17, 15) is 18.4 Å². The molecule has 0 aliphatic rings. The summed E-state index contributed by atoms with van der Waals surface area (Å²) >= 11 is 0. The summed E-state index contributed by atoms with van der Waals surface area (Å²) in [7, 11) is 0. The van der Waals surface area contributed by atoms with Crippen molar-refractivity contribution in [3.63, 3.8) is 0 Å². The first kappa shape index (κ1) is 18.5. The monoisotopic (exact) mass is 369 g/mol. The summed E-state index contributed by atoms with van der Waals surface area (Å²) in [6.45, 7) is 2.98. The minimum atomic E-state index is -0.679. The molecule has 3 rings (SSSR count). The normalized spacial score (nSPS) is 10.7. The Kier molecular flexibility index (Phi) is 5.16. The van der Waals surface area contributed by atoms with Crippen molar-refractivity contribution in [2.24, 2.45) is 0 Å². The quantitative estimate of drug-likeness (QED) is 0.494. The Morgan fingerprint density at radius 1 is 0.963 bits per heavy atom. The van der Waals surface area contributed by atoms with Gasteiger partial charge in [-0.15, -0.1) is 0 Å². The zero-order valence-electron chi connectivity index (χ0n) is 14.8. The van der Waals surface area contributed by atoms with Crippen molar-refractivity contribution in [3.8, 4) is 5.69 Å². The maximum atomic E-state index is 13.6. The van der Waals surface area contributed by atoms with Crippen LogP contribution in [0.25, 0.3) is 5.69 Å². The summed E-state index contributed by atoms with van der Waals surface area (Å²) in [4.78, 5) is 24.4. The third-order valence-electron chi connectivity index (χ3n) is 4.24. The molecule has 0 saturated heterocycles. The van der Waals surface area contributed by atoms with Gasteiger partial charge in [0.2, 0.25) is 5.78 Å². The van der Waals surface area contributed by atoms with E-state index >= 15 is 0 Å². The first-order valence-electron chi connectivity index (χ1n) is 8.28. The molecular weight excluding hydrogens is 352 g/mol. The number of carbonyl (C=O) groups excluding carboxylic acids is 2. The van der Waals surface area contributed by atoms with Gasteiger partial charge in [-0.25, -0.2) is 13.6 Å². The Labute approximate surface area is 155 Å². The SMILES string of the molecule is Cc1cc(C(=O)OCC(=O)c2ccccc2F)c(C)n1-c1ccc(F)cc1. The van der Waals surface area contributed by atoms with E-state index in [4.69, 9.17) is 4.74 Å². The Balaban J connectivity index is 1.78. The Bertz CT molecular complexity index is 1010. The highest BCUT2D eigenvalue weighted by atomic mass is 19.1. The van der Waals surface area contributed by atoms with Gasteiger partial charge in [-0.1, -0.05) is 12.1 Å². The smallest absolute Gasteiger partial charge is 0.340 e. The second kappa shape index (κ2) is 7.53. The summed E-state index contributed by atoms with van der Waals surface area (Å²) in [6.07, 6.45) is 0. The van der Waals surface area contributed by atoms with E-state index in [2.05, 4.69) is 0 Å². The zero-order valence-corrected chi connectivity index (χ0v) is 14.8. The first-order chi connectivity index (χ1) is 12.9. The number of nitrogens with zero attached hydrogens (tertiary/aromatic N) is 1. The molecule has 27 heavy (non-hydrogen) atoms. The van der Waals surface area contributed by atoms with E-state index in [-0.39, 0.29) is 16.9 Å². The predicted octanol–water partition coefficient (Wildman–Crippen LogP) is 4.41. The number of esters is 1. The summed E-state index contributed by atoms with van der Waals surface area (Å²) in [5.41, 5.74) is 2.22. The third kappa shape index (κ3) is 3.79. The number of aromatic nitrogens is 1. The first-order valence-corrected chi connectivity index (χ1v) is 8.28. The van der Waals surface area contributed by atoms with Gasteiger partial charge < -0.3 is 9.30 Å². The highest BCUT2D eigenvalue weighted by molar-refractivity contribution is 5.99. The van der Waals surface area contributed by atoms with Crippen LogP contribution in [0, 0.1) is 25.5 Å². The molecule has 2 aromatic carbocycles. The summed E-state index contributed by atoms with van der Waals surface area (Å²) in [6, 6.07) is 13.0. The molecule has 0 fully saturated rings. The maximum Gasteiger partial charge on any atom is 0.340 e. The van der Waals surface area contributed by atoms with Crippen LogP contribution in [0.1, 0.15) is 32.1 Å². The standard InChI is InChI=1S/C21H17F2NO3/c1-13-11-18(14(2)24(13)16-9-7-15(22)8-10-16)21(26)27-12-20(25)17-5-3-4-6-19(17)23/h3-11H,12H2,1-2H3. The van der Waals surface area contributed by atoms with E-state index in [0.29, 0.717) is 11.4 Å². The van der Waals surface area contributed by atoms with Crippen molar-refractivity contribution in [1.82, 2.24) is 4.57 Å². The van der Waals surface area contributed by atoms with Crippen LogP contribution in [0.2, 0.25) is 0 Å². The third-order valence-corrected chi connectivity index (χ3v) is 4.24. The molecule has 0 atom stereocenters. The molecule has 0 bridgehead atoms. The van der Waals surface area contributed by atoms with Gasteiger partial charge in [0.15, 0.2) is 6.61 Å². The van der Waals surface area contributed by atoms with E-state index in [1.165, 1.54) is 36.4 Å². The molecule has 0 N–H and O–H groups in total. The molecule has 3 aromatic rings. The fraction of sp³-hybridized carbons (Fsp3) is 0.143. The molecule has 4 nitrogen and oxygen atoms in total. The van der Waals surface area contributed by atoms with Crippen LogP contribution in [0.3, 0.4) is 0 Å². The van der Waals surface area contributed by atoms with Gasteiger partial charge in [0, 0.05) is 17.1 Å². The van der Waals surface area contributed by atoms with Gasteiger partial charge in [0.05, 0.1) is 11.1 Å². The molecule has 0 radical (unpaired) electrons. The minimum Gasteiger partial charge on any atom is -0.454 e. The summed E-state index contributed by atoms with van der Waals surface area (Å²) < 4.78 is 33.6. The van der Waals surface area contributed by atoms with E-state index < -0.39 is 24.2 Å². The number of ether oxygens (including phenoxy) is 1. The largest absolute Gasteiger partial charge is 0.454 e. The predicted molar refractivity (Wildman–Crippen MR) is 96.2 cm³/mol. The molecule has 6 heteroatoms. The van der Waals surface area contributed by atoms with E-state index in [1.54, 1.807) is 36.6 Å². The van der Waals surface area contributed by atoms with Crippen molar-refractivity contribution in [2.45, 2.75) is 13.8 Å². The van der Waals surface area contributed by atoms with Crippen molar-refractivity contribution in [3.05, 3.63) is 88.7 Å².